The number of aryl methyl sites for hydroxylation is 1. The molecule has 0 spiro atoms. The summed E-state index contributed by atoms with van der Waals surface area (Å²) >= 11 is 0. The van der Waals surface area contributed by atoms with Crippen molar-refractivity contribution in [3.8, 4) is 11.1 Å². The SMILES string of the molecule is CCCCCC1CCC(C2CCc3cc(-c4cccc(F)c4F)c(F)cc3C2)CC1. The highest BCUT2D eigenvalue weighted by atomic mass is 19.2. The molecular formula is C27H33F3. The third-order valence-corrected chi connectivity index (χ3v) is 7.57. The van der Waals surface area contributed by atoms with Crippen molar-refractivity contribution in [1.82, 2.24) is 0 Å². The van der Waals surface area contributed by atoms with Gasteiger partial charge in [0.05, 0.1) is 0 Å². The van der Waals surface area contributed by atoms with E-state index in [1.165, 1.54) is 63.5 Å². The van der Waals surface area contributed by atoms with E-state index in [1.807, 2.05) is 0 Å². The van der Waals surface area contributed by atoms with Gasteiger partial charge in [-0.3, -0.25) is 0 Å². The zero-order valence-corrected chi connectivity index (χ0v) is 18.0. The maximum Gasteiger partial charge on any atom is 0.166 e. The van der Waals surface area contributed by atoms with Gasteiger partial charge >= 0.3 is 0 Å². The van der Waals surface area contributed by atoms with Crippen LogP contribution >= 0.6 is 0 Å². The second kappa shape index (κ2) is 9.58. The summed E-state index contributed by atoms with van der Waals surface area (Å²) < 4.78 is 42.7. The Kier molecular flexibility index (Phi) is 6.85. The molecule has 0 amide bonds. The average Bonchev–Trinajstić information content (AvgIpc) is 2.76. The molecule has 0 N–H and O–H groups in total. The molecule has 0 heterocycles. The minimum absolute atomic E-state index is 0.0128. The Hall–Kier alpha value is -1.77. The molecule has 1 fully saturated rings. The van der Waals surface area contributed by atoms with Crippen LogP contribution in [-0.2, 0) is 12.8 Å². The van der Waals surface area contributed by atoms with Crippen LogP contribution in [0.2, 0.25) is 0 Å². The van der Waals surface area contributed by atoms with Crippen LogP contribution in [0, 0.1) is 35.2 Å². The van der Waals surface area contributed by atoms with Crippen molar-refractivity contribution in [3.63, 3.8) is 0 Å². The Morgan fingerprint density at radius 1 is 0.800 bits per heavy atom. The van der Waals surface area contributed by atoms with E-state index in [9.17, 15) is 13.2 Å². The zero-order valence-electron chi connectivity index (χ0n) is 18.0. The topological polar surface area (TPSA) is 0 Å². The van der Waals surface area contributed by atoms with E-state index in [4.69, 9.17) is 0 Å². The van der Waals surface area contributed by atoms with Gasteiger partial charge < -0.3 is 0 Å². The third kappa shape index (κ3) is 4.60. The Balaban J connectivity index is 1.43. The number of hydrogen-bond donors (Lipinski definition) is 0. The van der Waals surface area contributed by atoms with E-state index >= 15 is 0 Å². The van der Waals surface area contributed by atoms with Gasteiger partial charge in [-0.1, -0.05) is 57.6 Å². The highest BCUT2D eigenvalue weighted by Gasteiger charge is 2.30. The van der Waals surface area contributed by atoms with E-state index in [0.717, 1.165) is 48.3 Å². The first-order valence-electron chi connectivity index (χ1n) is 11.8. The molecule has 3 heteroatoms. The predicted octanol–water partition coefficient (Wildman–Crippen LogP) is 8.26. The lowest BCUT2D eigenvalue weighted by Gasteiger charge is -2.36. The lowest BCUT2D eigenvalue weighted by molar-refractivity contribution is 0.183. The van der Waals surface area contributed by atoms with Gasteiger partial charge in [0.15, 0.2) is 11.6 Å². The van der Waals surface area contributed by atoms with Gasteiger partial charge in [-0.2, -0.15) is 0 Å². The molecule has 2 aromatic rings. The van der Waals surface area contributed by atoms with Crippen molar-refractivity contribution in [1.29, 1.82) is 0 Å². The first-order chi connectivity index (χ1) is 14.6. The quantitative estimate of drug-likeness (QED) is 0.417. The summed E-state index contributed by atoms with van der Waals surface area (Å²) in [5.41, 5.74) is 2.35. The Labute approximate surface area is 178 Å². The van der Waals surface area contributed by atoms with Crippen molar-refractivity contribution in [2.24, 2.45) is 17.8 Å². The van der Waals surface area contributed by atoms with Crippen LogP contribution < -0.4 is 0 Å². The zero-order chi connectivity index (χ0) is 21.1. The normalized spacial score (nSPS) is 23.9. The smallest absolute Gasteiger partial charge is 0.166 e. The maximum atomic E-state index is 14.9. The Morgan fingerprint density at radius 3 is 2.37 bits per heavy atom. The van der Waals surface area contributed by atoms with Gasteiger partial charge in [0.1, 0.15) is 5.82 Å². The molecule has 0 aliphatic heterocycles. The van der Waals surface area contributed by atoms with Gasteiger partial charge in [0.2, 0.25) is 0 Å². The number of fused-ring (bicyclic) bond motifs is 1. The highest BCUT2D eigenvalue weighted by molar-refractivity contribution is 5.66. The van der Waals surface area contributed by atoms with E-state index in [0.29, 0.717) is 5.92 Å². The molecule has 2 aliphatic rings. The molecule has 162 valence electrons. The molecule has 0 aromatic heterocycles. The average molecular weight is 415 g/mol. The summed E-state index contributed by atoms with van der Waals surface area (Å²) in [5.74, 6) is -0.0617. The minimum atomic E-state index is -0.972. The number of benzene rings is 2. The second-order valence-corrected chi connectivity index (χ2v) is 9.48. The summed E-state index contributed by atoms with van der Waals surface area (Å²) in [4.78, 5) is 0. The number of halogens is 3. The van der Waals surface area contributed by atoms with Crippen LogP contribution in [0.3, 0.4) is 0 Å². The summed E-state index contributed by atoms with van der Waals surface area (Å²) in [6.45, 7) is 2.26. The van der Waals surface area contributed by atoms with Crippen LogP contribution in [0.4, 0.5) is 13.2 Å². The fourth-order valence-electron chi connectivity index (χ4n) is 5.76. The Morgan fingerprint density at radius 2 is 1.60 bits per heavy atom. The van der Waals surface area contributed by atoms with Crippen LogP contribution in [0.25, 0.3) is 11.1 Å². The van der Waals surface area contributed by atoms with E-state index < -0.39 is 17.5 Å². The number of hydrogen-bond acceptors (Lipinski definition) is 0. The molecule has 1 atom stereocenters. The van der Waals surface area contributed by atoms with Gasteiger partial charge in [0, 0.05) is 11.1 Å². The second-order valence-electron chi connectivity index (χ2n) is 9.48. The minimum Gasteiger partial charge on any atom is -0.206 e. The molecule has 0 saturated heterocycles. The van der Waals surface area contributed by atoms with Crippen LogP contribution in [0.1, 0.15) is 75.8 Å². The summed E-state index contributed by atoms with van der Waals surface area (Å²) in [6.07, 6.45) is 13.7. The fourth-order valence-corrected chi connectivity index (χ4v) is 5.76. The van der Waals surface area contributed by atoms with Crippen molar-refractivity contribution in [3.05, 3.63) is 58.9 Å². The molecule has 0 nitrogen and oxygen atoms in total. The van der Waals surface area contributed by atoms with E-state index in [2.05, 4.69) is 6.92 Å². The molecular weight excluding hydrogens is 381 g/mol. The van der Waals surface area contributed by atoms with Gasteiger partial charge in [-0.15, -0.1) is 0 Å². The number of unbranched alkanes of at least 4 members (excludes halogenated alkanes) is 2. The maximum absolute atomic E-state index is 14.9. The Bertz CT molecular complexity index is 865. The monoisotopic (exact) mass is 414 g/mol. The summed E-state index contributed by atoms with van der Waals surface area (Å²) in [7, 11) is 0. The van der Waals surface area contributed by atoms with Crippen LogP contribution in [0.15, 0.2) is 30.3 Å². The lowest BCUT2D eigenvalue weighted by Crippen LogP contribution is -2.26. The summed E-state index contributed by atoms with van der Waals surface area (Å²) in [5, 5.41) is 0. The third-order valence-electron chi connectivity index (χ3n) is 7.57. The summed E-state index contributed by atoms with van der Waals surface area (Å²) in [6, 6.07) is 7.29. The number of rotatable bonds is 6. The van der Waals surface area contributed by atoms with Gasteiger partial charge in [-0.25, -0.2) is 13.2 Å². The predicted molar refractivity (Wildman–Crippen MR) is 117 cm³/mol. The first kappa shape index (κ1) is 21.5. The van der Waals surface area contributed by atoms with Crippen molar-refractivity contribution >= 4 is 0 Å². The molecule has 0 radical (unpaired) electrons. The van der Waals surface area contributed by atoms with Crippen molar-refractivity contribution in [2.75, 3.05) is 0 Å². The van der Waals surface area contributed by atoms with Gasteiger partial charge in [0.25, 0.3) is 0 Å². The van der Waals surface area contributed by atoms with E-state index in [1.54, 1.807) is 12.1 Å². The first-order valence-corrected chi connectivity index (χ1v) is 11.8. The standard InChI is InChI=1S/C27H33F3/c1-2-3-4-6-18-9-11-19(12-10-18)20-13-14-21-16-24(26(29)17-22(21)15-20)23-7-5-8-25(28)27(23)30/h5,7-8,16-20H,2-4,6,9-15H2,1H3. The molecule has 0 bridgehead atoms. The lowest BCUT2D eigenvalue weighted by atomic mass is 9.69. The molecule has 1 saturated carbocycles. The fraction of sp³-hybridized carbons (Fsp3) is 0.556. The van der Waals surface area contributed by atoms with E-state index in [-0.39, 0.29) is 11.1 Å². The highest BCUT2D eigenvalue weighted by Crippen LogP contribution is 2.42. The van der Waals surface area contributed by atoms with Crippen LogP contribution in [-0.4, -0.2) is 0 Å². The molecule has 2 aromatic carbocycles. The molecule has 4 rings (SSSR count). The molecule has 1 unspecified atom stereocenters. The van der Waals surface area contributed by atoms with Crippen LogP contribution in [0.5, 0.6) is 0 Å². The molecule has 2 aliphatic carbocycles. The van der Waals surface area contributed by atoms with Crippen molar-refractivity contribution in [2.45, 2.75) is 77.6 Å². The van der Waals surface area contributed by atoms with Gasteiger partial charge in [-0.05, 0) is 79.2 Å². The van der Waals surface area contributed by atoms with Crippen molar-refractivity contribution < 1.29 is 13.2 Å². The largest absolute Gasteiger partial charge is 0.206 e. The molecule has 30 heavy (non-hydrogen) atoms.